The molecule has 1 unspecified atom stereocenters. The lowest BCUT2D eigenvalue weighted by molar-refractivity contribution is 0.306. The van der Waals surface area contributed by atoms with Gasteiger partial charge in [-0.25, -0.2) is 0 Å². The molecule has 86 valence electrons. The average Bonchev–Trinajstić information content (AvgIpc) is 2.35. The van der Waals surface area contributed by atoms with Crippen molar-refractivity contribution in [1.29, 1.82) is 5.26 Å². The molecule has 1 atom stereocenters. The Kier molecular flexibility index (Phi) is 4.81. The maximum atomic E-state index is 8.76. The highest BCUT2D eigenvalue weighted by Crippen LogP contribution is 2.12. The molecule has 3 heteroatoms. The zero-order valence-corrected chi connectivity index (χ0v) is 10.1. The van der Waals surface area contributed by atoms with Gasteiger partial charge in [-0.2, -0.15) is 5.26 Å². The van der Waals surface area contributed by atoms with Gasteiger partial charge in [0.1, 0.15) is 5.75 Å². The van der Waals surface area contributed by atoms with Crippen LogP contribution in [-0.2, 0) is 6.42 Å². The first-order valence-corrected chi connectivity index (χ1v) is 5.40. The fourth-order valence-corrected chi connectivity index (χ4v) is 1.39. The summed E-state index contributed by atoms with van der Waals surface area (Å²) in [5.74, 6) is 0.877. The Balaban J connectivity index is 2.46. The summed E-state index contributed by atoms with van der Waals surface area (Å²) in [5.41, 5.74) is 1.26. The molecule has 0 bridgehead atoms. The molecule has 1 aromatic carbocycles. The number of benzene rings is 1. The molecule has 1 aromatic rings. The lowest BCUT2D eigenvalue weighted by Crippen LogP contribution is -2.29. The number of likely N-dealkylation sites (N-methyl/N-ethyl adjacent to an activating group) is 1. The summed E-state index contributed by atoms with van der Waals surface area (Å²) in [6.07, 6.45) is 0.951. The second kappa shape index (κ2) is 6.14. The molecule has 0 aliphatic rings. The third kappa shape index (κ3) is 3.56. The van der Waals surface area contributed by atoms with Crippen LogP contribution >= 0.6 is 0 Å². The van der Waals surface area contributed by atoms with Crippen LogP contribution in [0.3, 0.4) is 0 Å². The minimum Gasteiger partial charge on any atom is -0.497 e. The van der Waals surface area contributed by atoms with E-state index in [4.69, 9.17) is 10.00 Å². The van der Waals surface area contributed by atoms with Crippen molar-refractivity contribution in [2.24, 2.45) is 0 Å². The standard InChI is InChI=1S/C13H18N2O/c1-11(10-14)15(2)9-8-12-4-6-13(16-3)7-5-12/h4-7,11H,8-9H2,1-3H3. The Morgan fingerprint density at radius 1 is 1.38 bits per heavy atom. The fourth-order valence-electron chi connectivity index (χ4n) is 1.39. The highest BCUT2D eigenvalue weighted by Gasteiger charge is 2.06. The van der Waals surface area contributed by atoms with E-state index in [0.717, 1.165) is 18.7 Å². The number of ether oxygens (including phenoxy) is 1. The maximum Gasteiger partial charge on any atom is 0.118 e. The first kappa shape index (κ1) is 12.5. The molecule has 0 fully saturated rings. The van der Waals surface area contributed by atoms with E-state index in [0.29, 0.717) is 0 Å². The van der Waals surface area contributed by atoms with Crippen LogP contribution in [0.4, 0.5) is 0 Å². The van der Waals surface area contributed by atoms with E-state index in [-0.39, 0.29) is 6.04 Å². The molecule has 0 amide bonds. The third-order valence-corrected chi connectivity index (χ3v) is 2.76. The van der Waals surface area contributed by atoms with Gasteiger partial charge in [-0.1, -0.05) is 12.1 Å². The van der Waals surface area contributed by atoms with Crippen molar-refractivity contribution < 1.29 is 4.74 Å². The van der Waals surface area contributed by atoms with E-state index < -0.39 is 0 Å². The molecule has 3 nitrogen and oxygen atoms in total. The molecule has 0 heterocycles. The number of methoxy groups -OCH3 is 1. The van der Waals surface area contributed by atoms with Gasteiger partial charge in [-0.3, -0.25) is 4.90 Å². The minimum absolute atomic E-state index is 0.0294. The molecule has 0 N–H and O–H groups in total. The van der Waals surface area contributed by atoms with Crippen molar-refractivity contribution in [3.8, 4) is 11.8 Å². The Morgan fingerprint density at radius 2 is 2.00 bits per heavy atom. The van der Waals surface area contributed by atoms with Crippen molar-refractivity contribution in [2.75, 3.05) is 20.7 Å². The van der Waals surface area contributed by atoms with Crippen molar-refractivity contribution in [1.82, 2.24) is 4.90 Å². The molecule has 0 aromatic heterocycles. The molecule has 0 spiro atoms. The van der Waals surface area contributed by atoms with Gasteiger partial charge in [0.2, 0.25) is 0 Å². The van der Waals surface area contributed by atoms with Crippen LogP contribution in [0.25, 0.3) is 0 Å². The summed E-state index contributed by atoms with van der Waals surface area (Å²) in [6, 6.07) is 10.2. The average molecular weight is 218 g/mol. The summed E-state index contributed by atoms with van der Waals surface area (Å²) >= 11 is 0. The SMILES string of the molecule is COc1ccc(CCN(C)C(C)C#N)cc1. The second-order valence-electron chi connectivity index (χ2n) is 3.88. The van der Waals surface area contributed by atoms with Crippen molar-refractivity contribution in [2.45, 2.75) is 19.4 Å². The number of hydrogen-bond acceptors (Lipinski definition) is 3. The number of hydrogen-bond donors (Lipinski definition) is 0. The molecule has 0 aliphatic heterocycles. The van der Waals surface area contributed by atoms with E-state index in [1.54, 1.807) is 7.11 Å². The quantitative estimate of drug-likeness (QED) is 0.759. The monoisotopic (exact) mass is 218 g/mol. The Morgan fingerprint density at radius 3 is 2.50 bits per heavy atom. The predicted molar refractivity (Wildman–Crippen MR) is 64.4 cm³/mol. The minimum atomic E-state index is -0.0294. The van der Waals surface area contributed by atoms with Gasteiger partial charge in [0.05, 0.1) is 19.2 Å². The van der Waals surface area contributed by atoms with Crippen LogP contribution in [0, 0.1) is 11.3 Å². The molecule has 0 saturated heterocycles. The largest absolute Gasteiger partial charge is 0.497 e. The van der Waals surface area contributed by atoms with E-state index in [1.807, 2.05) is 31.0 Å². The molecule has 0 radical (unpaired) electrons. The molecule has 0 aliphatic carbocycles. The normalized spacial score (nSPS) is 12.2. The van der Waals surface area contributed by atoms with Crippen LogP contribution in [0.2, 0.25) is 0 Å². The molecule has 0 saturated carbocycles. The zero-order valence-electron chi connectivity index (χ0n) is 10.1. The van der Waals surface area contributed by atoms with Crippen LogP contribution in [0.15, 0.2) is 24.3 Å². The first-order valence-electron chi connectivity index (χ1n) is 5.40. The van der Waals surface area contributed by atoms with Crippen molar-refractivity contribution in [3.05, 3.63) is 29.8 Å². The summed E-state index contributed by atoms with van der Waals surface area (Å²) < 4.78 is 5.10. The summed E-state index contributed by atoms with van der Waals surface area (Å²) in [4.78, 5) is 2.05. The number of nitrogens with zero attached hydrogens (tertiary/aromatic N) is 2. The van der Waals surface area contributed by atoms with E-state index in [1.165, 1.54) is 5.56 Å². The van der Waals surface area contributed by atoms with Crippen molar-refractivity contribution in [3.63, 3.8) is 0 Å². The van der Waals surface area contributed by atoms with Crippen LogP contribution in [0.1, 0.15) is 12.5 Å². The van der Waals surface area contributed by atoms with Gasteiger partial charge in [-0.15, -0.1) is 0 Å². The highest BCUT2D eigenvalue weighted by atomic mass is 16.5. The molecular weight excluding hydrogens is 200 g/mol. The number of rotatable bonds is 5. The van der Waals surface area contributed by atoms with Crippen molar-refractivity contribution >= 4 is 0 Å². The Labute approximate surface area is 97.3 Å². The van der Waals surface area contributed by atoms with Gasteiger partial charge >= 0.3 is 0 Å². The molecular formula is C13H18N2O. The van der Waals surface area contributed by atoms with Gasteiger partial charge in [0, 0.05) is 6.54 Å². The van der Waals surface area contributed by atoms with E-state index >= 15 is 0 Å². The zero-order chi connectivity index (χ0) is 12.0. The van der Waals surface area contributed by atoms with Gasteiger partial charge in [0.15, 0.2) is 0 Å². The lowest BCUT2D eigenvalue weighted by Gasteiger charge is -2.18. The van der Waals surface area contributed by atoms with Gasteiger partial charge < -0.3 is 4.74 Å². The summed E-state index contributed by atoms with van der Waals surface area (Å²) in [7, 11) is 3.63. The Hall–Kier alpha value is -1.53. The highest BCUT2D eigenvalue weighted by molar-refractivity contribution is 5.27. The summed E-state index contributed by atoms with van der Waals surface area (Å²) in [5, 5.41) is 8.76. The van der Waals surface area contributed by atoms with E-state index in [2.05, 4.69) is 18.2 Å². The fraction of sp³-hybridized carbons (Fsp3) is 0.462. The summed E-state index contributed by atoms with van der Waals surface area (Å²) in [6.45, 7) is 2.80. The first-order chi connectivity index (χ1) is 7.67. The predicted octanol–water partition coefficient (Wildman–Crippen LogP) is 2.08. The molecule has 16 heavy (non-hydrogen) atoms. The van der Waals surface area contributed by atoms with Crippen LogP contribution < -0.4 is 4.74 Å². The topological polar surface area (TPSA) is 36.3 Å². The van der Waals surface area contributed by atoms with Crippen LogP contribution in [0.5, 0.6) is 5.75 Å². The lowest BCUT2D eigenvalue weighted by atomic mass is 10.1. The maximum absolute atomic E-state index is 8.76. The van der Waals surface area contributed by atoms with Gasteiger partial charge in [-0.05, 0) is 38.1 Å². The van der Waals surface area contributed by atoms with E-state index in [9.17, 15) is 0 Å². The van der Waals surface area contributed by atoms with Crippen LogP contribution in [-0.4, -0.2) is 31.6 Å². The third-order valence-electron chi connectivity index (χ3n) is 2.76. The number of nitriles is 1. The Bertz CT molecular complexity index is 353. The van der Waals surface area contributed by atoms with Gasteiger partial charge in [0.25, 0.3) is 0 Å². The second-order valence-corrected chi connectivity index (χ2v) is 3.88. The smallest absolute Gasteiger partial charge is 0.118 e. The molecule has 1 rings (SSSR count).